The molecule has 0 spiro atoms. The summed E-state index contributed by atoms with van der Waals surface area (Å²) >= 11 is 0. The molecule has 47 heavy (non-hydrogen) atoms. The van der Waals surface area contributed by atoms with Gasteiger partial charge < -0.3 is 15.5 Å². The summed E-state index contributed by atoms with van der Waals surface area (Å²) in [7, 11) is 1.83. The molecule has 1 heterocycles. The van der Waals surface area contributed by atoms with Gasteiger partial charge in [-0.1, -0.05) is 52.0 Å². The Hall–Kier alpha value is -4.89. The van der Waals surface area contributed by atoms with Gasteiger partial charge in [0.1, 0.15) is 23.0 Å². The minimum Gasteiger partial charge on any atom is -0.457 e. The van der Waals surface area contributed by atoms with Crippen LogP contribution in [0.2, 0.25) is 0 Å². The van der Waals surface area contributed by atoms with Crippen LogP contribution in [0.3, 0.4) is 0 Å². The number of hydrogen-bond acceptors (Lipinski definition) is 6. The van der Waals surface area contributed by atoms with Crippen LogP contribution in [-0.2, 0) is 4.79 Å². The van der Waals surface area contributed by atoms with Gasteiger partial charge in [0.25, 0.3) is 0 Å². The van der Waals surface area contributed by atoms with E-state index in [0.29, 0.717) is 47.4 Å². The molecule has 0 radical (unpaired) electrons. The number of hydrogen-bond donors (Lipinski definition) is 2. The second-order valence-corrected chi connectivity index (χ2v) is 12.0. The summed E-state index contributed by atoms with van der Waals surface area (Å²) in [5.41, 5.74) is 2.33. The number of ketones is 1. The Labute approximate surface area is 276 Å². The highest BCUT2D eigenvalue weighted by Crippen LogP contribution is 2.31. The molecular formula is C38H44FN5O3. The number of nitrogens with zero attached hydrogens (tertiary/aromatic N) is 3. The summed E-state index contributed by atoms with van der Waals surface area (Å²) in [4.78, 5) is 31.7. The Morgan fingerprint density at radius 2 is 1.72 bits per heavy atom. The number of carbonyl (C=O) groups excluding carboxylic acids is 1. The van der Waals surface area contributed by atoms with E-state index in [0.717, 1.165) is 12.0 Å². The zero-order valence-electron chi connectivity index (χ0n) is 28.0. The fourth-order valence-electron chi connectivity index (χ4n) is 5.20. The number of aliphatic imine (C=N–C) groups is 1. The summed E-state index contributed by atoms with van der Waals surface area (Å²) < 4.78 is 22.5. The Kier molecular flexibility index (Phi) is 12.0. The second-order valence-electron chi connectivity index (χ2n) is 12.0. The molecule has 0 amide bonds. The lowest BCUT2D eigenvalue weighted by atomic mass is 9.85. The summed E-state index contributed by atoms with van der Waals surface area (Å²) in [6, 6.07) is 20.5. The summed E-state index contributed by atoms with van der Waals surface area (Å²) in [5.74, 6) is 1.13. The largest absolute Gasteiger partial charge is 0.457 e. The van der Waals surface area contributed by atoms with Gasteiger partial charge in [0.05, 0.1) is 17.1 Å². The van der Waals surface area contributed by atoms with Crippen molar-refractivity contribution in [1.82, 2.24) is 14.5 Å². The van der Waals surface area contributed by atoms with Crippen molar-refractivity contribution in [1.29, 1.82) is 5.41 Å². The van der Waals surface area contributed by atoms with Crippen molar-refractivity contribution in [3.63, 3.8) is 0 Å². The summed E-state index contributed by atoms with van der Waals surface area (Å²) in [6.07, 6.45) is 6.55. The van der Waals surface area contributed by atoms with Gasteiger partial charge >= 0.3 is 5.69 Å². The molecule has 8 nitrogen and oxygen atoms in total. The second kappa shape index (κ2) is 16.1. The first-order chi connectivity index (χ1) is 22.5. The molecule has 3 atom stereocenters. The predicted octanol–water partition coefficient (Wildman–Crippen LogP) is 8.17. The van der Waals surface area contributed by atoms with Crippen LogP contribution in [0.25, 0.3) is 11.4 Å². The number of halogens is 1. The van der Waals surface area contributed by atoms with Gasteiger partial charge in [-0.3, -0.25) is 9.36 Å². The van der Waals surface area contributed by atoms with Gasteiger partial charge in [0, 0.05) is 25.2 Å². The van der Waals surface area contributed by atoms with Crippen molar-refractivity contribution < 1.29 is 13.9 Å². The molecule has 9 heteroatoms. The number of ether oxygens (including phenoxy) is 1. The number of likely N-dealkylation sites (N-methyl/N-ethyl adjacent to an activating group) is 1. The average molecular weight is 638 g/mol. The molecule has 0 saturated heterocycles. The van der Waals surface area contributed by atoms with Gasteiger partial charge in [0.2, 0.25) is 0 Å². The van der Waals surface area contributed by atoms with Gasteiger partial charge in [-0.2, -0.15) is 0 Å². The third kappa shape index (κ3) is 8.68. The third-order valence-corrected chi connectivity index (χ3v) is 8.26. The van der Waals surface area contributed by atoms with Crippen molar-refractivity contribution >= 4 is 23.5 Å². The first kappa shape index (κ1) is 35.0. The standard InChI is InChI=1S/C38H44FN5O3/c1-7-25(2)24-42-37-36(28(5)40)43(31-16-18-34(19-17-31)47-35-15-9-12-30(39)23-35)38(46)44(37)32-13-8-11-29(22-32)27(4)26(3)21-33(45)14-10-20-41-6/h8-19,22-27,40-41H,7,20-21H2,1-6H3. The van der Waals surface area contributed by atoms with Gasteiger partial charge in [-0.25, -0.2) is 18.7 Å². The molecule has 3 unspecified atom stereocenters. The van der Waals surface area contributed by atoms with Crippen LogP contribution in [0, 0.1) is 23.1 Å². The maximum atomic E-state index is 14.4. The van der Waals surface area contributed by atoms with Crippen LogP contribution in [0.5, 0.6) is 11.5 Å². The molecule has 4 aromatic rings. The highest BCUT2D eigenvalue weighted by Gasteiger charge is 2.25. The molecule has 1 aromatic heterocycles. The number of rotatable bonds is 15. The van der Waals surface area contributed by atoms with Crippen LogP contribution >= 0.6 is 0 Å². The Morgan fingerprint density at radius 3 is 2.38 bits per heavy atom. The summed E-state index contributed by atoms with van der Waals surface area (Å²) in [6.45, 7) is 10.5. The first-order valence-electron chi connectivity index (χ1n) is 16.0. The zero-order valence-corrected chi connectivity index (χ0v) is 28.0. The van der Waals surface area contributed by atoms with Gasteiger partial charge in [-0.05, 0) is 98.3 Å². The van der Waals surface area contributed by atoms with E-state index in [-0.39, 0.29) is 34.9 Å². The van der Waals surface area contributed by atoms with Crippen LogP contribution in [0.15, 0.2) is 94.7 Å². The van der Waals surface area contributed by atoms with E-state index in [1.165, 1.54) is 16.7 Å². The normalized spacial score (nSPS) is 13.6. The van der Waals surface area contributed by atoms with Crippen LogP contribution < -0.4 is 15.7 Å². The van der Waals surface area contributed by atoms with E-state index in [4.69, 9.17) is 15.1 Å². The fraction of sp³-hybridized carbons (Fsp3) is 0.316. The maximum Gasteiger partial charge on any atom is 0.339 e. The number of aromatic nitrogens is 2. The molecule has 0 saturated carbocycles. The number of benzene rings is 3. The lowest BCUT2D eigenvalue weighted by Crippen LogP contribution is -2.23. The monoisotopic (exact) mass is 637 g/mol. The average Bonchev–Trinajstić information content (AvgIpc) is 3.35. The third-order valence-electron chi connectivity index (χ3n) is 8.26. The predicted molar refractivity (Wildman–Crippen MR) is 188 cm³/mol. The topological polar surface area (TPSA) is 101 Å². The lowest BCUT2D eigenvalue weighted by Gasteiger charge is -2.20. The molecular weight excluding hydrogens is 593 g/mol. The molecule has 3 aromatic carbocycles. The number of imidazole rings is 1. The Morgan fingerprint density at radius 1 is 1.00 bits per heavy atom. The minimum absolute atomic E-state index is 0.0380. The van der Waals surface area contributed by atoms with Gasteiger partial charge in [0.15, 0.2) is 11.6 Å². The van der Waals surface area contributed by atoms with E-state index in [9.17, 15) is 14.0 Å². The van der Waals surface area contributed by atoms with Crippen LogP contribution in [0.4, 0.5) is 10.2 Å². The summed E-state index contributed by atoms with van der Waals surface area (Å²) in [5, 5.41) is 11.7. The van der Waals surface area contributed by atoms with Crippen LogP contribution in [-0.4, -0.2) is 40.4 Å². The highest BCUT2D eigenvalue weighted by molar-refractivity contribution is 6.00. The molecule has 4 rings (SSSR count). The molecule has 0 aliphatic heterocycles. The van der Waals surface area contributed by atoms with E-state index in [2.05, 4.69) is 33.0 Å². The van der Waals surface area contributed by atoms with E-state index >= 15 is 0 Å². The van der Waals surface area contributed by atoms with Crippen molar-refractivity contribution in [3.05, 3.63) is 113 Å². The Bertz CT molecular complexity index is 1820. The molecule has 246 valence electrons. The number of nitrogens with one attached hydrogen (secondary N) is 2. The number of allylic oxidation sites excluding steroid dienone is 1. The molecule has 2 N–H and O–H groups in total. The van der Waals surface area contributed by atoms with Crippen molar-refractivity contribution in [2.75, 3.05) is 13.6 Å². The molecule has 0 fully saturated rings. The van der Waals surface area contributed by atoms with Crippen molar-refractivity contribution in [3.8, 4) is 22.9 Å². The minimum atomic E-state index is -0.401. The first-order valence-corrected chi connectivity index (χ1v) is 16.0. The SMILES string of the molecule is CCC(C)C=Nc1c(C(C)=N)n(-c2ccc(Oc3cccc(F)c3)cc2)c(=O)n1-c1cccc(C(C)C(C)CC(=O)C=CCNC)c1. The zero-order chi connectivity index (χ0) is 34.1. The quantitative estimate of drug-likeness (QED) is 0.101. The smallest absolute Gasteiger partial charge is 0.339 e. The Balaban J connectivity index is 1.78. The van der Waals surface area contributed by atoms with E-state index < -0.39 is 5.82 Å². The van der Waals surface area contributed by atoms with Gasteiger partial charge in [-0.15, -0.1) is 0 Å². The number of carbonyl (C=O) groups is 1. The maximum absolute atomic E-state index is 14.4. The highest BCUT2D eigenvalue weighted by atomic mass is 19.1. The van der Waals surface area contributed by atoms with Crippen molar-refractivity contribution in [2.24, 2.45) is 16.8 Å². The molecule has 0 aliphatic rings. The fourth-order valence-corrected chi connectivity index (χ4v) is 5.20. The van der Waals surface area contributed by atoms with E-state index in [1.807, 2.05) is 43.6 Å². The molecule has 0 aliphatic carbocycles. The van der Waals surface area contributed by atoms with Crippen LogP contribution in [0.1, 0.15) is 64.6 Å². The lowest BCUT2D eigenvalue weighted by molar-refractivity contribution is -0.115. The molecule has 0 bridgehead atoms. The van der Waals surface area contributed by atoms with E-state index in [1.54, 1.807) is 54.0 Å². The van der Waals surface area contributed by atoms with Crippen molar-refractivity contribution in [2.45, 2.75) is 53.4 Å².